The third-order valence-electron chi connectivity index (χ3n) is 5.00. The van der Waals surface area contributed by atoms with Crippen LogP contribution in [0.3, 0.4) is 0 Å². The second-order valence-corrected chi connectivity index (χ2v) is 6.48. The van der Waals surface area contributed by atoms with E-state index in [0.717, 1.165) is 18.4 Å². The van der Waals surface area contributed by atoms with E-state index in [1.54, 1.807) is 12.1 Å². The Morgan fingerprint density at radius 2 is 1.17 bits per heavy atom. The Morgan fingerprint density at radius 1 is 0.667 bits per heavy atom. The molecule has 0 radical (unpaired) electrons. The summed E-state index contributed by atoms with van der Waals surface area (Å²) in [5.74, 6) is 0.650. The molecule has 0 nitrogen and oxygen atoms in total. The highest BCUT2D eigenvalue weighted by molar-refractivity contribution is 5.82. The maximum atomic E-state index is 12.7. The quantitative estimate of drug-likeness (QED) is 0.615. The number of benzene rings is 2. The molecule has 0 heterocycles. The Balaban J connectivity index is 1.64. The number of fused-ring (bicyclic) bond motifs is 1. The number of halogens is 3. The zero-order valence-corrected chi connectivity index (χ0v) is 13.1. The fourth-order valence-corrected chi connectivity index (χ4v) is 3.80. The summed E-state index contributed by atoms with van der Waals surface area (Å²) in [4.78, 5) is 0. The van der Waals surface area contributed by atoms with Gasteiger partial charge in [-0.1, -0.05) is 54.6 Å². The van der Waals surface area contributed by atoms with Gasteiger partial charge in [-0.3, -0.25) is 0 Å². The van der Waals surface area contributed by atoms with E-state index in [1.165, 1.54) is 28.8 Å². The van der Waals surface area contributed by atoms with Crippen LogP contribution in [-0.4, -0.2) is 0 Å². The minimum Gasteiger partial charge on any atom is -0.166 e. The van der Waals surface area contributed by atoms with Crippen molar-refractivity contribution in [1.29, 1.82) is 0 Å². The molecule has 0 amide bonds. The van der Waals surface area contributed by atoms with E-state index in [2.05, 4.69) is 24.3 Å². The lowest BCUT2D eigenvalue weighted by Crippen LogP contribution is -2.20. The summed E-state index contributed by atoms with van der Waals surface area (Å²) in [5.41, 5.74) is 4.08. The van der Waals surface area contributed by atoms with Crippen LogP contribution in [0.15, 0.2) is 66.7 Å². The SMILES string of the molecule is FC(F)(F)c1ccc(C2=C[C@@H]3CCC2C=C3c2ccccc2)cc1. The lowest BCUT2D eigenvalue weighted by molar-refractivity contribution is -0.137. The first kappa shape index (κ1) is 15.3. The van der Waals surface area contributed by atoms with Crippen molar-refractivity contribution in [3.63, 3.8) is 0 Å². The van der Waals surface area contributed by atoms with Crippen molar-refractivity contribution < 1.29 is 13.2 Å². The Morgan fingerprint density at radius 3 is 1.62 bits per heavy atom. The van der Waals surface area contributed by atoms with Crippen molar-refractivity contribution in [2.45, 2.75) is 19.0 Å². The lowest BCUT2D eigenvalue weighted by Gasteiger charge is -2.35. The van der Waals surface area contributed by atoms with Gasteiger partial charge in [0.2, 0.25) is 0 Å². The van der Waals surface area contributed by atoms with Crippen molar-refractivity contribution in [2.24, 2.45) is 11.8 Å². The molecule has 0 spiro atoms. The van der Waals surface area contributed by atoms with Gasteiger partial charge in [-0.25, -0.2) is 0 Å². The van der Waals surface area contributed by atoms with Gasteiger partial charge >= 0.3 is 6.18 Å². The Labute approximate surface area is 139 Å². The highest BCUT2D eigenvalue weighted by Gasteiger charge is 2.33. The average molecular weight is 326 g/mol. The molecule has 0 N–H and O–H groups in total. The first-order valence-electron chi connectivity index (χ1n) is 8.19. The molecule has 0 aliphatic heterocycles. The second kappa shape index (κ2) is 5.66. The summed E-state index contributed by atoms with van der Waals surface area (Å²) in [5, 5.41) is 0. The summed E-state index contributed by atoms with van der Waals surface area (Å²) in [6.07, 6.45) is 2.44. The van der Waals surface area contributed by atoms with Crippen LogP contribution < -0.4 is 0 Å². The molecular weight excluding hydrogens is 309 g/mol. The molecule has 2 atom stereocenters. The zero-order chi connectivity index (χ0) is 16.7. The van der Waals surface area contributed by atoms with Crippen LogP contribution in [0.1, 0.15) is 29.5 Å². The number of hydrogen-bond donors (Lipinski definition) is 0. The summed E-state index contributed by atoms with van der Waals surface area (Å²) in [6, 6.07) is 15.9. The van der Waals surface area contributed by atoms with Crippen LogP contribution in [0, 0.1) is 11.8 Å². The number of rotatable bonds is 2. The number of hydrogen-bond acceptors (Lipinski definition) is 0. The third-order valence-corrected chi connectivity index (χ3v) is 5.00. The van der Waals surface area contributed by atoms with E-state index in [1.807, 2.05) is 18.2 Å². The normalized spacial score (nSPS) is 23.0. The summed E-state index contributed by atoms with van der Waals surface area (Å²) in [7, 11) is 0. The fraction of sp³-hybridized carbons (Fsp3) is 0.238. The minimum absolute atomic E-state index is 0.293. The van der Waals surface area contributed by atoms with E-state index in [0.29, 0.717) is 11.8 Å². The topological polar surface area (TPSA) is 0 Å². The van der Waals surface area contributed by atoms with Crippen molar-refractivity contribution in [2.75, 3.05) is 0 Å². The van der Waals surface area contributed by atoms with Crippen LogP contribution in [0.4, 0.5) is 13.2 Å². The van der Waals surface area contributed by atoms with Crippen LogP contribution in [-0.2, 0) is 6.18 Å². The largest absolute Gasteiger partial charge is 0.416 e. The van der Waals surface area contributed by atoms with Gasteiger partial charge in [-0.05, 0) is 47.2 Å². The molecule has 0 saturated carbocycles. The summed E-state index contributed by atoms with van der Waals surface area (Å²) < 4.78 is 38.2. The smallest absolute Gasteiger partial charge is 0.166 e. The highest BCUT2D eigenvalue weighted by Crippen LogP contribution is 2.47. The molecule has 2 bridgehead atoms. The molecule has 0 saturated heterocycles. The van der Waals surface area contributed by atoms with Crippen molar-refractivity contribution >= 4 is 11.1 Å². The zero-order valence-electron chi connectivity index (χ0n) is 13.1. The van der Waals surface area contributed by atoms with Crippen molar-refractivity contribution in [1.82, 2.24) is 0 Å². The van der Waals surface area contributed by atoms with Gasteiger partial charge in [0, 0.05) is 11.8 Å². The Bertz CT molecular complexity index is 795. The van der Waals surface area contributed by atoms with E-state index >= 15 is 0 Å². The molecule has 24 heavy (non-hydrogen) atoms. The highest BCUT2D eigenvalue weighted by atomic mass is 19.4. The van der Waals surface area contributed by atoms with Gasteiger partial charge in [0.05, 0.1) is 5.56 Å². The van der Waals surface area contributed by atoms with Crippen LogP contribution in [0.25, 0.3) is 11.1 Å². The second-order valence-electron chi connectivity index (χ2n) is 6.48. The van der Waals surface area contributed by atoms with Crippen LogP contribution >= 0.6 is 0 Å². The molecular formula is C21H17F3. The predicted octanol–water partition coefficient (Wildman–Crippen LogP) is 6.21. The van der Waals surface area contributed by atoms with Gasteiger partial charge in [0.15, 0.2) is 0 Å². The first-order valence-corrected chi connectivity index (χ1v) is 8.19. The molecule has 5 rings (SSSR count). The predicted molar refractivity (Wildman–Crippen MR) is 90.1 cm³/mol. The molecule has 0 fully saturated rings. The van der Waals surface area contributed by atoms with Gasteiger partial charge in [-0.15, -0.1) is 0 Å². The monoisotopic (exact) mass is 326 g/mol. The Hall–Kier alpha value is -2.29. The molecule has 3 aliphatic rings. The number of alkyl halides is 3. The Kier molecular flexibility index (Phi) is 3.60. The van der Waals surface area contributed by atoms with E-state index < -0.39 is 11.7 Å². The maximum absolute atomic E-state index is 12.7. The summed E-state index contributed by atoms with van der Waals surface area (Å²) in [6.45, 7) is 0. The molecule has 122 valence electrons. The molecule has 3 aliphatic carbocycles. The standard InChI is InChI=1S/C21H17F3/c22-21(23,24)18-10-8-15(9-11-18)20-13-16-6-7-17(20)12-19(16)14-4-2-1-3-5-14/h1-5,8-13,16-17H,6-7H2/t16-,17?/m0/s1. The molecule has 1 unspecified atom stereocenters. The van der Waals surface area contributed by atoms with Gasteiger partial charge in [0.25, 0.3) is 0 Å². The van der Waals surface area contributed by atoms with Crippen LogP contribution in [0.2, 0.25) is 0 Å². The summed E-state index contributed by atoms with van der Waals surface area (Å²) >= 11 is 0. The average Bonchev–Trinajstić information content (AvgIpc) is 2.62. The van der Waals surface area contributed by atoms with Crippen molar-refractivity contribution in [3.8, 4) is 0 Å². The third kappa shape index (κ3) is 2.68. The fourth-order valence-electron chi connectivity index (χ4n) is 3.80. The van der Waals surface area contributed by atoms with E-state index in [4.69, 9.17) is 0 Å². The lowest BCUT2D eigenvalue weighted by atomic mass is 9.69. The van der Waals surface area contributed by atoms with Crippen LogP contribution in [0.5, 0.6) is 0 Å². The van der Waals surface area contributed by atoms with E-state index in [9.17, 15) is 13.2 Å². The molecule has 0 aromatic heterocycles. The van der Waals surface area contributed by atoms with Crippen molar-refractivity contribution in [3.05, 3.63) is 83.4 Å². The van der Waals surface area contributed by atoms with E-state index in [-0.39, 0.29) is 0 Å². The van der Waals surface area contributed by atoms with Gasteiger partial charge in [0.1, 0.15) is 0 Å². The first-order chi connectivity index (χ1) is 11.5. The molecule has 2 aromatic rings. The molecule has 2 aromatic carbocycles. The van der Waals surface area contributed by atoms with Gasteiger partial charge < -0.3 is 0 Å². The molecule has 3 heteroatoms. The number of allylic oxidation sites excluding steroid dienone is 4. The van der Waals surface area contributed by atoms with Gasteiger partial charge in [-0.2, -0.15) is 13.2 Å². The minimum atomic E-state index is -4.28. The maximum Gasteiger partial charge on any atom is 0.416 e.